The number of aliphatic hydroxyl groups excluding tert-OH is 1. The Kier molecular flexibility index (Phi) is 14.2. The van der Waals surface area contributed by atoms with Crippen molar-refractivity contribution in [1.29, 1.82) is 0 Å². The molecule has 11 heteroatoms. The van der Waals surface area contributed by atoms with Gasteiger partial charge in [-0.3, -0.25) is 14.8 Å². The molecule has 0 fully saturated rings. The molecular weight excluding hydrogens is 520 g/mol. The lowest BCUT2D eigenvalue weighted by Crippen LogP contribution is -2.36. The van der Waals surface area contributed by atoms with Crippen LogP contribution in [0.1, 0.15) is 56.1 Å². The number of hydrogen-bond donors (Lipinski definition) is 4. The van der Waals surface area contributed by atoms with Crippen molar-refractivity contribution in [3.63, 3.8) is 0 Å². The molecule has 0 spiro atoms. The molecule has 2 aromatic rings. The van der Waals surface area contributed by atoms with Crippen LogP contribution in [0.3, 0.4) is 0 Å². The quantitative estimate of drug-likeness (QED) is 0.0660. The van der Waals surface area contributed by atoms with Gasteiger partial charge in [-0.25, -0.2) is 24.2 Å². The highest BCUT2D eigenvalue weighted by atomic mass is 19.1. The average Bonchev–Trinajstić information content (AvgIpc) is 2.96. The van der Waals surface area contributed by atoms with Crippen LogP contribution in [0, 0.1) is 11.6 Å². The predicted octanol–water partition coefficient (Wildman–Crippen LogP) is 3.92. The third-order valence-electron chi connectivity index (χ3n) is 6.21. The number of unbranched alkanes of at least 4 members (excludes halogenated alkanes) is 3. The summed E-state index contributed by atoms with van der Waals surface area (Å²) < 4.78 is 27.2. The lowest BCUT2D eigenvalue weighted by molar-refractivity contribution is -0.129. The molecule has 0 radical (unpaired) electrons. The second kappa shape index (κ2) is 17.6. The van der Waals surface area contributed by atoms with Crippen LogP contribution in [0.2, 0.25) is 0 Å². The summed E-state index contributed by atoms with van der Waals surface area (Å²) in [5, 5.41) is 21.0. The minimum atomic E-state index is -0.415. The zero-order valence-electron chi connectivity index (χ0n) is 22.7. The molecule has 2 amide bonds. The van der Waals surface area contributed by atoms with Crippen molar-refractivity contribution < 1.29 is 28.7 Å². The normalized spacial score (nSPS) is 11.8. The maximum atomic E-state index is 13.6. The lowest BCUT2D eigenvalue weighted by Gasteiger charge is -2.28. The van der Waals surface area contributed by atoms with Gasteiger partial charge in [0, 0.05) is 43.7 Å². The Labute approximate surface area is 233 Å². The zero-order valence-corrected chi connectivity index (χ0v) is 22.7. The van der Waals surface area contributed by atoms with Gasteiger partial charge >= 0.3 is 0 Å². The Bertz CT molecular complexity index is 1110. The van der Waals surface area contributed by atoms with Crippen molar-refractivity contribution in [2.45, 2.75) is 44.9 Å². The van der Waals surface area contributed by atoms with Crippen molar-refractivity contribution in [2.24, 2.45) is 9.98 Å². The number of benzene rings is 2. The van der Waals surface area contributed by atoms with E-state index in [0.29, 0.717) is 18.5 Å². The topological polar surface area (TPSA) is 127 Å². The molecular formula is C29H37F2N5O4. The SMILES string of the molecule is C=NC(=N/C=C(\C)C(=O)NCCCCCCC(=O)NO)N(CCO)CC(c1ccc(F)cc1)c1ccc(F)cc1. The van der Waals surface area contributed by atoms with Crippen LogP contribution >= 0.6 is 0 Å². The monoisotopic (exact) mass is 557 g/mol. The van der Waals surface area contributed by atoms with E-state index in [1.165, 1.54) is 30.5 Å². The first kappa shape index (κ1) is 32.3. The Hall–Kier alpha value is -3.96. The number of halogens is 2. The highest BCUT2D eigenvalue weighted by molar-refractivity contribution is 5.93. The Morgan fingerprint density at radius 2 is 1.57 bits per heavy atom. The maximum absolute atomic E-state index is 13.6. The molecule has 9 nitrogen and oxygen atoms in total. The van der Waals surface area contributed by atoms with Crippen molar-refractivity contribution >= 4 is 24.5 Å². The van der Waals surface area contributed by atoms with E-state index >= 15 is 0 Å². The van der Waals surface area contributed by atoms with E-state index in [2.05, 4.69) is 22.0 Å². The summed E-state index contributed by atoms with van der Waals surface area (Å²) in [7, 11) is 0. The molecule has 0 saturated heterocycles. The van der Waals surface area contributed by atoms with Crippen LogP contribution < -0.4 is 10.8 Å². The molecule has 0 saturated carbocycles. The van der Waals surface area contributed by atoms with Gasteiger partial charge in [0.1, 0.15) is 11.6 Å². The fourth-order valence-electron chi connectivity index (χ4n) is 4.00. The highest BCUT2D eigenvalue weighted by Crippen LogP contribution is 2.27. The molecule has 2 rings (SSSR count). The number of nitrogens with zero attached hydrogens (tertiary/aromatic N) is 3. The Morgan fingerprint density at radius 1 is 1.00 bits per heavy atom. The predicted molar refractivity (Wildman–Crippen MR) is 150 cm³/mol. The molecule has 216 valence electrons. The van der Waals surface area contributed by atoms with E-state index in [4.69, 9.17) is 5.21 Å². The first-order valence-electron chi connectivity index (χ1n) is 13.1. The zero-order chi connectivity index (χ0) is 29.3. The molecule has 0 aliphatic rings. The molecule has 0 aliphatic carbocycles. The van der Waals surface area contributed by atoms with Crippen LogP contribution in [-0.2, 0) is 9.59 Å². The van der Waals surface area contributed by atoms with Crippen LogP contribution in [0.4, 0.5) is 8.78 Å². The van der Waals surface area contributed by atoms with Crippen molar-refractivity contribution in [3.05, 3.63) is 83.1 Å². The fraction of sp³-hybridized carbons (Fsp3) is 0.379. The summed E-state index contributed by atoms with van der Waals surface area (Å²) in [6.45, 7) is 5.89. The molecule has 0 bridgehead atoms. The number of carbonyl (C=O) groups excluding carboxylic acids is 2. The Morgan fingerprint density at radius 3 is 2.10 bits per heavy atom. The summed E-state index contributed by atoms with van der Waals surface area (Å²) in [5.41, 5.74) is 3.50. The van der Waals surface area contributed by atoms with Crippen LogP contribution in [0.15, 0.2) is 70.3 Å². The lowest BCUT2D eigenvalue weighted by atomic mass is 9.90. The first-order chi connectivity index (χ1) is 19.3. The van der Waals surface area contributed by atoms with Gasteiger partial charge in [-0.15, -0.1) is 0 Å². The standard InChI is InChI=1S/C29H37F2N5O4/c1-21(28(39)33-16-6-4-3-5-7-27(38)35-40)19-34-29(32-2)36(17-18-37)20-26(22-8-12-24(30)13-9-22)23-10-14-25(31)15-11-23/h8-15,19,26,37,40H,2-7,16-18,20H2,1H3,(H,33,39)(H,35,38)/b21-19+,34-29?. The minimum absolute atomic E-state index is 0.162. The van der Waals surface area contributed by atoms with Gasteiger partial charge in [0.15, 0.2) is 0 Å². The number of rotatable bonds is 15. The van der Waals surface area contributed by atoms with Crippen molar-refractivity contribution in [3.8, 4) is 0 Å². The van der Waals surface area contributed by atoms with Crippen LogP contribution in [-0.4, -0.2) is 65.9 Å². The van der Waals surface area contributed by atoms with Gasteiger partial charge in [0.25, 0.3) is 0 Å². The van der Waals surface area contributed by atoms with Crippen LogP contribution in [0.5, 0.6) is 0 Å². The summed E-state index contributed by atoms with van der Waals surface area (Å²) in [6.07, 6.45) is 4.64. The first-order valence-corrected chi connectivity index (χ1v) is 13.1. The van der Waals surface area contributed by atoms with E-state index < -0.39 is 5.91 Å². The number of aliphatic hydroxyl groups is 1. The molecule has 0 atom stereocenters. The number of amides is 2. The third-order valence-corrected chi connectivity index (χ3v) is 6.21. The molecule has 0 aliphatic heterocycles. The molecule has 4 N–H and O–H groups in total. The smallest absolute Gasteiger partial charge is 0.248 e. The average molecular weight is 558 g/mol. The van der Waals surface area contributed by atoms with Gasteiger partial charge in [0.05, 0.1) is 6.61 Å². The number of carbonyl (C=O) groups is 2. The summed E-state index contributed by atoms with van der Waals surface area (Å²) in [6, 6.07) is 12.0. The van der Waals surface area contributed by atoms with Gasteiger partial charge in [0.2, 0.25) is 17.8 Å². The van der Waals surface area contributed by atoms with Crippen LogP contribution in [0.25, 0.3) is 0 Å². The number of nitrogens with one attached hydrogen (secondary N) is 2. The van der Waals surface area contributed by atoms with Crippen molar-refractivity contribution in [1.82, 2.24) is 15.7 Å². The second-order valence-corrected chi connectivity index (χ2v) is 9.18. The third kappa shape index (κ3) is 11.0. The largest absolute Gasteiger partial charge is 0.395 e. The maximum Gasteiger partial charge on any atom is 0.248 e. The van der Waals surface area contributed by atoms with E-state index in [1.54, 1.807) is 41.6 Å². The van der Waals surface area contributed by atoms with E-state index in [-0.39, 0.29) is 55.5 Å². The number of guanidine groups is 1. The Balaban J connectivity index is 2.09. The van der Waals surface area contributed by atoms with Crippen molar-refractivity contribution in [2.75, 3.05) is 26.2 Å². The molecule has 40 heavy (non-hydrogen) atoms. The molecule has 0 aromatic heterocycles. The van der Waals surface area contributed by atoms with E-state index in [9.17, 15) is 23.5 Å². The summed E-state index contributed by atoms with van der Waals surface area (Å²) in [4.78, 5) is 33.5. The highest BCUT2D eigenvalue weighted by Gasteiger charge is 2.21. The summed E-state index contributed by atoms with van der Waals surface area (Å²) in [5.74, 6) is -1.61. The van der Waals surface area contributed by atoms with Gasteiger partial charge in [-0.2, -0.15) is 0 Å². The number of hydroxylamine groups is 1. The van der Waals surface area contributed by atoms with Gasteiger partial charge < -0.3 is 15.3 Å². The van der Waals surface area contributed by atoms with E-state index in [1.807, 2.05) is 0 Å². The second-order valence-electron chi connectivity index (χ2n) is 9.18. The van der Waals surface area contributed by atoms with Gasteiger partial charge in [-0.1, -0.05) is 37.1 Å². The van der Waals surface area contributed by atoms with Gasteiger partial charge in [-0.05, 0) is 61.9 Å². The summed E-state index contributed by atoms with van der Waals surface area (Å²) >= 11 is 0. The minimum Gasteiger partial charge on any atom is -0.395 e. The molecule has 2 aromatic carbocycles. The molecule has 0 heterocycles. The fourth-order valence-corrected chi connectivity index (χ4v) is 4.00. The number of aliphatic imine (C=N–C) groups is 2. The number of hydrogen-bond acceptors (Lipinski definition) is 5. The van der Waals surface area contributed by atoms with E-state index in [0.717, 1.165) is 30.4 Å². The molecule has 0 unspecified atom stereocenters.